The van der Waals surface area contributed by atoms with Crippen LogP contribution >= 0.6 is 11.3 Å². The summed E-state index contributed by atoms with van der Waals surface area (Å²) in [5.41, 5.74) is 3.87. The maximum Gasteiger partial charge on any atom is 0.397 e. The Bertz CT molecular complexity index is 902. The first kappa shape index (κ1) is 17.6. The lowest BCUT2D eigenvalue weighted by molar-refractivity contribution is -0.646. The molecular formula is C16H18NO4S2+. The molecule has 0 aliphatic carbocycles. The van der Waals surface area contributed by atoms with Crippen molar-refractivity contribution in [3.05, 3.63) is 53.5 Å². The molecular weight excluding hydrogens is 334 g/mol. The Morgan fingerprint density at radius 3 is 2.26 bits per heavy atom. The Balaban J connectivity index is 0.000000277. The largest absolute Gasteiger partial charge is 0.397 e. The second-order valence-corrected chi connectivity index (χ2v) is 7.25. The van der Waals surface area contributed by atoms with E-state index in [1.807, 2.05) is 11.3 Å². The molecule has 0 bridgehead atoms. The molecule has 7 heteroatoms. The van der Waals surface area contributed by atoms with Crippen LogP contribution in [0.2, 0.25) is 0 Å². The van der Waals surface area contributed by atoms with Gasteiger partial charge < -0.3 is 0 Å². The van der Waals surface area contributed by atoms with E-state index in [1.54, 1.807) is 0 Å². The third kappa shape index (κ3) is 4.59. The van der Waals surface area contributed by atoms with Crippen LogP contribution in [0, 0.1) is 6.92 Å². The molecule has 5 nitrogen and oxygen atoms in total. The molecule has 0 unspecified atom stereocenters. The summed E-state index contributed by atoms with van der Waals surface area (Å²) in [6.07, 6.45) is 0. The number of hydrogen-bond acceptors (Lipinski definition) is 4. The molecule has 23 heavy (non-hydrogen) atoms. The quantitative estimate of drug-likeness (QED) is 0.568. The van der Waals surface area contributed by atoms with Crippen LogP contribution in [-0.4, -0.2) is 20.1 Å². The second-order valence-electron chi connectivity index (χ2n) is 4.82. The average molecular weight is 352 g/mol. The van der Waals surface area contributed by atoms with Crippen LogP contribution in [-0.2, 0) is 21.6 Å². The number of fused-ring (bicyclic) bond motifs is 1. The molecule has 0 aliphatic rings. The summed E-state index contributed by atoms with van der Waals surface area (Å²) in [5, 5.41) is 1.34. The molecule has 0 amide bonds. The first-order chi connectivity index (χ1) is 10.8. The van der Waals surface area contributed by atoms with Crippen molar-refractivity contribution in [1.29, 1.82) is 0 Å². The zero-order chi connectivity index (χ0) is 17.0. The van der Waals surface area contributed by atoms with Crippen LogP contribution in [0.5, 0.6) is 0 Å². The Morgan fingerprint density at radius 1 is 1.09 bits per heavy atom. The van der Waals surface area contributed by atoms with Gasteiger partial charge in [-0.25, -0.2) is 0 Å². The average Bonchev–Trinajstić information content (AvgIpc) is 2.82. The summed E-state index contributed by atoms with van der Waals surface area (Å²) in [4.78, 5) is 0. The molecule has 0 radical (unpaired) electrons. The predicted octanol–water partition coefficient (Wildman–Crippen LogP) is 3.14. The van der Waals surface area contributed by atoms with E-state index in [0.717, 1.165) is 7.11 Å². The summed E-state index contributed by atoms with van der Waals surface area (Å²) >= 11 is 1.85. The summed E-state index contributed by atoms with van der Waals surface area (Å²) in [7, 11) is -1.16. The minimum absolute atomic E-state index is 0.870. The van der Waals surface area contributed by atoms with Gasteiger partial charge in [-0.2, -0.15) is 13.0 Å². The first-order valence-electron chi connectivity index (χ1n) is 6.79. The van der Waals surface area contributed by atoms with Crippen LogP contribution in [0.25, 0.3) is 21.3 Å². The van der Waals surface area contributed by atoms with Crippen LogP contribution < -0.4 is 4.57 Å². The van der Waals surface area contributed by atoms with Gasteiger partial charge in [0.1, 0.15) is 11.7 Å². The third-order valence-corrected chi connectivity index (χ3v) is 4.92. The molecule has 1 aromatic heterocycles. The fourth-order valence-electron chi connectivity index (χ4n) is 2.07. The van der Waals surface area contributed by atoms with Gasteiger partial charge in [-0.1, -0.05) is 47.7 Å². The molecule has 3 aromatic rings. The Kier molecular flexibility index (Phi) is 5.48. The predicted molar refractivity (Wildman–Crippen MR) is 91.7 cm³/mol. The normalized spacial score (nSPS) is 11.1. The Labute approximate surface area is 139 Å². The van der Waals surface area contributed by atoms with Crippen molar-refractivity contribution in [2.45, 2.75) is 6.92 Å². The number of thiazole rings is 1. The molecule has 0 aliphatic heterocycles. The van der Waals surface area contributed by atoms with Crippen LogP contribution in [0.3, 0.4) is 0 Å². The van der Waals surface area contributed by atoms with Gasteiger partial charge in [-0.05, 0) is 17.2 Å². The highest BCUT2D eigenvalue weighted by atomic mass is 32.3. The van der Waals surface area contributed by atoms with Crippen molar-refractivity contribution < 1.29 is 21.7 Å². The molecule has 1 N–H and O–H groups in total. The van der Waals surface area contributed by atoms with E-state index < -0.39 is 10.4 Å². The van der Waals surface area contributed by atoms with Gasteiger partial charge in [0, 0.05) is 13.0 Å². The molecule has 0 fully saturated rings. The lowest BCUT2D eigenvalue weighted by Gasteiger charge is -1.99. The maximum absolute atomic E-state index is 9.33. The molecule has 0 spiro atoms. The SMILES string of the molecule is COS(=O)(=O)O.Cc1sc2ccc(-c3ccccc3)cc2[n+]1C. The fraction of sp³-hybridized carbons (Fsp3) is 0.188. The van der Waals surface area contributed by atoms with Crippen LogP contribution in [0.15, 0.2) is 48.5 Å². The zero-order valence-corrected chi connectivity index (χ0v) is 14.7. The van der Waals surface area contributed by atoms with Crippen molar-refractivity contribution >= 4 is 32.0 Å². The van der Waals surface area contributed by atoms with E-state index in [1.165, 1.54) is 26.4 Å². The Hall–Kier alpha value is -1.80. The van der Waals surface area contributed by atoms with E-state index in [9.17, 15) is 8.42 Å². The van der Waals surface area contributed by atoms with Crippen molar-refractivity contribution in [2.24, 2.45) is 7.05 Å². The molecule has 2 aromatic carbocycles. The number of aryl methyl sites for hydroxylation is 2. The molecule has 122 valence electrons. The highest BCUT2D eigenvalue weighted by Gasteiger charge is 2.13. The van der Waals surface area contributed by atoms with E-state index in [2.05, 4.69) is 71.3 Å². The number of nitrogens with zero attached hydrogens (tertiary/aromatic N) is 1. The molecule has 0 atom stereocenters. The van der Waals surface area contributed by atoms with Gasteiger partial charge in [0.05, 0.1) is 7.11 Å². The Morgan fingerprint density at radius 2 is 1.70 bits per heavy atom. The summed E-state index contributed by atoms with van der Waals surface area (Å²) in [6.45, 7) is 2.16. The summed E-state index contributed by atoms with van der Waals surface area (Å²) in [5.74, 6) is 0. The van der Waals surface area contributed by atoms with E-state index in [0.29, 0.717) is 0 Å². The van der Waals surface area contributed by atoms with Gasteiger partial charge in [0.25, 0.3) is 0 Å². The minimum Gasteiger partial charge on any atom is -0.264 e. The van der Waals surface area contributed by atoms with Gasteiger partial charge >= 0.3 is 10.4 Å². The van der Waals surface area contributed by atoms with Gasteiger partial charge in [0.2, 0.25) is 10.5 Å². The van der Waals surface area contributed by atoms with Gasteiger partial charge in [0.15, 0.2) is 0 Å². The molecule has 0 saturated carbocycles. The van der Waals surface area contributed by atoms with Crippen molar-refractivity contribution in [1.82, 2.24) is 0 Å². The van der Waals surface area contributed by atoms with Crippen molar-refractivity contribution in [3.63, 3.8) is 0 Å². The summed E-state index contributed by atoms with van der Waals surface area (Å²) in [6, 6.07) is 17.2. The standard InChI is InChI=1S/C15H14NS.CH4O4S/c1-11-16(2)14-10-13(8-9-15(14)17-11)12-6-4-3-5-7-12;1-5-6(2,3)4/h3-10H,1-2H3;1H3,(H,2,3,4)/q+1;. The maximum atomic E-state index is 9.33. The van der Waals surface area contributed by atoms with Gasteiger partial charge in [-0.15, -0.1) is 0 Å². The molecule has 3 rings (SSSR count). The minimum atomic E-state index is -4.16. The van der Waals surface area contributed by atoms with E-state index >= 15 is 0 Å². The lowest BCUT2D eigenvalue weighted by atomic mass is 10.1. The number of benzene rings is 2. The second kappa shape index (κ2) is 7.18. The molecule has 1 heterocycles. The highest BCUT2D eigenvalue weighted by molar-refractivity contribution is 7.80. The number of rotatable bonds is 2. The number of aromatic nitrogens is 1. The van der Waals surface area contributed by atoms with Gasteiger partial charge in [-0.3, -0.25) is 8.74 Å². The van der Waals surface area contributed by atoms with E-state index in [-0.39, 0.29) is 0 Å². The van der Waals surface area contributed by atoms with Crippen molar-refractivity contribution in [2.75, 3.05) is 7.11 Å². The van der Waals surface area contributed by atoms with Crippen LogP contribution in [0.1, 0.15) is 5.01 Å². The molecule has 0 saturated heterocycles. The third-order valence-electron chi connectivity index (χ3n) is 3.37. The van der Waals surface area contributed by atoms with E-state index in [4.69, 9.17) is 4.55 Å². The topological polar surface area (TPSA) is 67.5 Å². The highest BCUT2D eigenvalue weighted by Crippen LogP contribution is 2.26. The smallest absolute Gasteiger partial charge is 0.264 e. The van der Waals surface area contributed by atoms with Crippen LogP contribution in [0.4, 0.5) is 0 Å². The zero-order valence-electron chi connectivity index (χ0n) is 13.1. The lowest BCUT2D eigenvalue weighted by Crippen LogP contribution is -2.28. The fourth-order valence-corrected chi connectivity index (χ4v) is 3.06. The van der Waals surface area contributed by atoms with Crippen molar-refractivity contribution in [3.8, 4) is 11.1 Å². The first-order valence-corrected chi connectivity index (χ1v) is 8.97. The summed E-state index contributed by atoms with van der Waals surface area (Å²) < 4.78 is 33.3. The number of hydrogen-bond donors (Lipinski definition) is 1. The monoisotopic (exact) mass is 352 g/mol.